The Morgan fingerprint density at radius 3 is 3.00 bits per heavy atom. The van der Waals surface area contributed by atoms with Crippen LogP contribution in [-0.2, 0) is 0 Å². The van der Waals surface area contributed by atoms with Crippen molar-refractivity contribution in [1.82, 2.24) is 9.88 Å². The van der Waals surface area contributed by atoms with Crippen LogP contribution < -0.4 is 4.90 Å². The first kappa shape index (κ1) is 16.1. The summed E-state index contributed by atoms with van der Waals surface area (Å²) in [5, 5.41) is 11.4. The van der Waals surface area contributed by atoms with Gasteiger partial charge in [-0.2, -0.15) is 5.26 Å². The van der Waals surface area contributed by atoms with E-state index < -0.39 is 0 Å². The van der Waals surface area contributed by atoms with E-state index in [1.807, 2.05) is 23.3 Å². The molecule has 0 bridgehead atoms. The first-order valence-corrected chi connectivity index (χ1v) is 9.51. The van der Waals surface area contributed by atoms with E-state index in [-0.39, 0.29) is 11.9 Å². The van der Waals surface area contributed by atoms with Crippen LogP contribution in [0.15, 0.2) is 29.8 Å². The molecule has 1 amide bonds. The van der Waals surface area contributed by atoms with Crippen LogP contribution in [0.4, 0.5) is 5.82 Å². The Balaban J connectivity index is 1.57. The standard InChI is InChI=1S/C19H20N4OS/c1-13-9-17(25-12-13)19(24)23-8-5-14-4-7-22(11-16(14)23)18-15(10-20)3-2-6-21-18/h2-3,6,9,12,14,16H,4-5,7-8,11H2,1H3. The van der Waals surface area contributed by atoms with Crippen molar-refractivity contribution in [3.8, 4) is 6.07 Å². The van der Waals surface area contributed by atoms with E-state index in [2.05, 4.69) is 16.0 Å². The monoisotopic (exact) mass is 352 g/mol. The Kier molecular flexibility index (Phi) is 4.18. The number of aromatic nitrogens is 1. The molecule has 0 aliphatic carbocycles. The molecule has 2 aromatic heterocycles. The van der Waals surface area contributed by atoms with Gasteiger partial charge in [-0.1, -0.05) is 0 Å². The lowest BCUT2D eigenvalue weighted by Crippen LogP contribution is -2.50. The molecule has 5 nitrogen and oxygen atoms in total. The van der Waals surface area contributed by atoms with Gasteiger partial charge in [0.15, 0.2) is 0 Å². The number of likely N-dealkylation sites (tertiary alicyclic amines) is 1. The molecule has 4 rings (SSSR count). The SMILES string of the molecule is Cc1csc(C(=O)N2CCC3CCN(c4ncccc4C#N)CC32)c1. The first-order chi connectivity index (χ1) is 12.2. The average Bonchev–Trinajstić information content (AvgIpc) is 3.26. The molecule has 2 aliphatic heterocycles. The van der Waals surface area contributed by atoms with Gasteiger partial charge in [0.1, 0.15) is 11.9 Å². The van der Waals surface area contributed by atoms with Gasteiger partial charge in [0.2, 0.25) is 0 Å². The van der Waals surface area contributed by atoms with E-state index >= 15 is 0 Å². The molecule has 2 aliphatic rings. The number of nitrogens with zero attached hydrogens (tertiary/aromatic N) is 4. The van der Waals surface area contributed by atoms with E-state index in [4.69, 9.17) is 0 Å². The number of piperidine rings is 1. The molecule has 0 N–H and O–H groups in total. The fraction of sp³-hybridized carbons (Fsp3) is 0.421. The summed E-state index contributed by atoms with van der Waals surface area (Å²) < 4.78 is 0. The highest BCUT2D eigenvalue weighted by molar-refractivity contribution is 7.12. The molecule has 2 saturated heterocycles. The fourth-order valence-corrected chi connectivity index (χ4v) is 4.86. The van der Waals surface area contributed by atoms with Crippen molar-refractivity contribution in [2.45, 2.75) is 25.8 Å². The highest BCUT2D eigenvalue weighted by Crippen LogP contribution is 2.35. The minimum absolute atomic E-state index is 0.147. The number of anilines is 1. The van der Waals surface area contributed by atoms with Gasteiger partial charge in [-0.25, -0.2) is 4.98 Å². The van der Waals surface area contributed by atoms with Gasteiger partial charge in [-0.3, -0.25) is 4.79 Å². The van der Waals surface area contributed by atoms with Gasteiger partial charge >= 0.3 is 0 Å². The minimum atomic E-state index is 0.147. The van der Waals surface area contributed by atoms with Crippen LogP contribution in [0.3, 0.4) is 0 Å². The van der Waals surface area contributed by atoms with E-state index in [0.29, 0.717) is 11.5 Å². The third kappa shape index (κ3) is 2.89. The van der Waals surface area contributed by atoms with E-state index in [0.717, 1.165) is 48.7 Å². The predicted octanol–water partition coefficient (Wildman–Crippen LogP) is 3.06. The minimum Gasteiger partial charge on any atom is -0.353 e. The number of fused-ring (bicyclic) bond motifs is 1. The van der Waals surface area contributed by atoms with Crippen molar-refractivity contribution in [3.63, 3.8) is 0 Å². The molecule has 128 valence electrons. The molecule has 2 atom stereocenters. The normalized spacial score (nSPS) is 22.6. The summed E-state index contributed by atoms with van der Waals surface area (Å²) in [5.74, 6) is 1.44. The second kappa shape index (κ2) is 6.49. The van der Waals surface area contributed by atoms with Crippen molar-refractivity contribution >= 4 is 23.1 Å². The van der Waals surface area contributed by atoms with Crippen LogP contribution in [0.1, 0.15) is 33.6 Å². The molecule has 4 heterocycles. The van der Waals surface area contributed by atoms with Gasteiger partial charge in [-0.05, 0) is 54.8 Å². The molecule has 2 unspecified atom stereocenters. The second-order valence-corrected chi connectivity index (χ2v) is 7.74. The smallest absolute Gasteiger partial charge is 0.264 e. The number of amides is 1. The highest BCUT2D eigenvalue weighted by Gasteiger charge is 2.41. The molecular weight excluding hydrogens is 332 g/mol. The second-order valence-electron chi connectivity index (χ2n) is 6.82. The zero-order valence-corrected chi connectivity index (χ0v) is 15.0. The van der Waals surface area contributed by atoms with Gasteiger partial charge < -0.3 is 9.80 Å². The van der Waals surface area contributed by atoms with Crippen molar-refractivity contribution in [3.05, 3.63) is 45.8 Å². The summed E-state index contributed by atoms with van der Waals surface area (Å²) in [6.45, 7) is 4.50. The number of hydrogen-bond donors (Lipinski definition) is 0. The summed E-state index contributed by atoms with van der Waals surface area (Å²) in [4.78, 5) is 22.4. The third-order valence-electron chi connectivity index (χ3n) is 5.27. The lowest BCUT2D eigenvalue weighted by molar-refractivity contribution is 0.0717. The topological polar surface area (TPSA) is 60.2 Å². The number of hydrogen-bond acceptors (Lipinski definition) is 5. The summed E-state index contributed by atoms with van der Waals surface area (Å²) in [5.41, 5.74) is 1.74. The lowest BCUT2D eigenvalue weighted by atomic mass is 9.92. The fourth-order valence-electron chi connectivity index (χ4n) is 4.01. The third-order valence-corrected chi connectivity index (χ3v) is 6.31. The quantitative estimate of drug-likeness (QED) is 0.833. The van der Waals surface area contributed by atoms with Crippen molar-refractivity contribution in [1.29, 1.82) is 5.26 Å². The number of carbonyl (C=O) groups is 1. The maximum Gasteiger partial charge on any atom is 0.264 e. The van der Waals surface area contributed by atoms with Gasteiger partial charge in [0.05, 0.1) is 16.5 Å². The molecule has 25 heavy (non-hydrogen) atoms. The summed E-state index contributed by atoms with van der Waals surface area (Å²) in [7, 11) is 0. The zero-order valence-electron chi connectivity index (χ0n) is 14.2. The maximum atomic E-state index is 12.9. The van der Waals surface area contributed by atoms with Crippen LogP contribution in [0.25, 0.3) is 0 Å². The number of thiophene rings is 1. The number of pyridine rings is 1. The Morgan fingerprint density at radius 1 is 1.40 bits per heavy atom. The molecule has 2 aromatic rings. The molecule has 0 aromatic carbocycles. The summed E-state index contributed by atoms with van der Waals surface area (Å²) in [6, 6.07) is 8.01. The van der Waals surface area contributed by atoms with Gasteiger partial charge in [0, 0.05) is 25.8 Å². The van der Waals surface area contributed by atoms with E-state index in [1.54, 1.807) is 18.3 Å². The molecule has 0 spiro atoms. The lowest BCUT2D eigenvalue weighted by Gasteiger charge is -2.39. The van der Waals surface area contributed by atoms with Crippen LogP contribution in [0.5, 0.6) is 0 Å². The van der Waals surface area contributed by atoms with Crippen molar-refractivity contribution < 1.29 is 4.79 Å². The van der Waals surface area contributed by atoms with Crippen LogP contribution in [0.2, 0.25) is 0 Å². The number of aryl methyl sites for hydroxylation is 1. The Labute approximate surface area is 151 Å². The summed E-state index contributed by atoms with van der Waals surface area (Å²) in [6.07, 6.45) is 3.84. The van der Waals surface area contributed by atoms with Crippen LogP contribution in [0, 0.1) is 24.2 Å². The number of nitriles is 1. The first-order valence-electron chi connectivity index (χ1n) is 8.63. The Morgan fingerprint density at radius 2 is 2.24 bits per heavy atom. The number of rotatable bonds is 2. The predicted molar refractivity (Wildman–Crippen MR) is 97.8 cm³/mol. The molecule has 6 heteroatoms. The molecule has 0 radical (unpaired) electrons. The van der Waals surface area contributed by atoms with Crippen LogP contribution in [-0.4, -0.2) is 41.5 Å². The van der Waals surface area contributed by atoms with E-state index in [1.165, 1.54) is 11.3 Å². The highest BCUT2D eigenvalue weighted by atomic mass is 32.1. The maximum absolute atomic E-state index is 12.9. The summed E-state index contributed by atoms with van der Waals surface area (Å²) >= 11 is 1.53. The largest absolute Gasteiger partial charge is 0.353 e. The molecule has 0 saturated carbocycles. The van der Waals surface area contributed by atoms with E-state index in [9.17, 15) is 10.1 Å². The van der Waals surface area contributed by atoms with Crippen molar-refractivity contribution in [2.75, 3.05) is 24.5 Å². The van der Waals surface area contributed by atoms with Crippen LogP contribution >= 0.6 is 11.3 Å². The molecule has 2 fully saturated rings. The molecular formula is C19H20N4OS. The van der Waals surface area contributed by atoms with Crippen molar-refractivity contribution in [2.24, 2.45) is 5.92 Å². The van der Waals surface area contributed by atoms with Gasteiger partial charge in [-0.15, -0.1) is 11.3 Å². The average molecular weight is 352 g/mol. The Hall–Kier alpha value is -2.39. The van der Waals surface area contributed by atoms with Gasteiger partial charge in [0.25, 0.3) is 5.91 Å². The number of carbonyl (C=O) groups excluding carboxylic acids is 1. The zero-order chi connectivity index (χ0) is 17.4. The Bertz CT molecular complexity index is 840.